The molecule has 2 aliphatic rings. The summed E-state index contributed by atoms with van der Waals surface area (Å²) in [4.78, 5) is 2.50. The first kappa shape index (κ1) is 17.7. The predicted octanol–water partition coefficient (Wildman–Crippen LogP) is 3.12. The second kappa shape index (κ2) is 8.31. The van der Waals surface area contributed by atoms with Gasteiger partial charge in [-0.2, -0.15) is 0 Å². The van der Waals surface area contributed by atoms with Gasteiger partial charge in [-0.3, -0.25) is 4.90 Å². The topological polar surface area (TPSA) is 30.9 Å². The van der Waals surface area contributed by atoms with Crippen LogP contribution in [-0.4, -0.2) is 50.5 Å². The normalized spacial score (nSPS) is 22.7. The SMILES string of the molecule is c1ccc(COC[C@@H]2CN(Cc3ccccc3)CC3(COC3)CO2)cc1. The molecule has 4 rings (SSSR count). The Morgan fingerprint density at radius 3 is 2.27 bits per heavy atom. The van der Waals surface area contributed by atoms with E-state index in [4.69, 9.17) is 14.2 Å². The smallest absolute Gasteiger partial charge is 0.0935 e. The quantitative estimate of drug-likeness (QED) is 0.798. The first-order chi connectivity index (χ1) is 12.8. The van der Waals surface area contributed by atoms with Gasteiger partial charge in [0.05, 0.1) is 44.6 Å². The van der Waals surface area contributed by atoms with E-state index in [1.54, 1.807) is 0 Å². The van der Waals surface area contributed by atoms with Crippen LogP contribution in [-0.2, 0) is 27.4 Å². The number of ether oxygens (including phenoxy) is 3. The molecule has 1 atom stereocenters. The predicted molar refractivity (Wildman–Crippen MR) is 101 cm³/mol. The molecule has 2 aliphatic heterocycles. The molecule has 0 radical (unpaired) electrons. The fraction of sp³-hybridized carbons (Fsp3) is 0.455. The van der Waals surface area contributed by atoms with Crippen molar-refractivity contribution in [2.75, 3.05) is 39.5 Å². The molecule has 0 aromatic heterocycles. The van der Waals surface area contributed by atoms with Crippen molar-refractivity contribution >= 4 is 0 Å². The van der Waals surface area contributed by atoms with Gasteiger partial charge in [0.15, 0.2) is 0 Å². The minimum Gasteiger partial charge on any atom is -0.380 e. The van der Waals surface area contributed by atoms with Crippen LogP contribution in [0.4, 0.5) is 0 Å². The molecule has 0 saturated carbocycles. The van der Waals surface area contributed by atoms with Gasteiger partial charge in [-0.25, -0.2) is 0 Å². The molecule has 1 spiro atoms. The molecule has 0 bridgehead atoms. The lowest BCUT2D eigenvalue weighted by molar-refractivity contribution is -0.154. The van der Waals surface area contributed by atoms with Gasteiger partial charge < -0.3 is 14.2 Å². The second-order valence-electron chi connectivity index (χ2n) is 7.58. The van der Waals surface area contributed by atoms with Crippen molar-refractivity contribution in [3.05, 3.63) is 71.8 Å². The molecule has 2 aromatic rings. The molecule has 0 aliphatic carbocycles. The zero-order chi connectivity index (χ0) is 17.7. The van der Waals surface area contributed by atoms with E-state index in [-0.39, 0.29) is 11.5 Å². The fourth-order valence-electron chi connectivity index (χ4n) is 3.73. The lowest BCUT2D eigenvalue weighted by atomic mass is 9.86. The molecule has 0 unspecified atom stereocenters. The lowest BCUT2D eigenvalue weighted by Crippen LogP contribution is -2.52. The number of benzene rings is 2. The Balaban J connectivity index is 1.35. The summed E-state index contributed by atoms with van der Waals surface area (Å²) in [6.07, 6.45) is 0.0994. The summed E-state index contributed by atoms with van der Waals surface area (Å²) in [5.41, 5.74) is 2.70. The Labute approximate surface area is 155 Å². The molecule has 2 fully saturated rings. The Bertz CT molecular complexity index is 672. The molecular formula is C22H27NO3. The maximum Gasteiger partial charge on any atom is 0.0935 e. The van der Waals surface area contributed by atoms with E-state index in [1.807, 2.05) is 18.2 Å². The Hall–Kier alpha value is -1.72. The summed E-state index contributed by atoms with van der Waals surface area (Å²) in [6, 6.07) is 21.0. The fourth-order valence-corrected chi connectivity index (χ4v) is 3.73. The molecule has 4 heteroatoms. The molecule has 138 valence electrons. The van der Waals surface area contributed by atoms with Gasteiger partial charge in [-0.15, -0.1) is 0 Å². The van der Waals surface area contributed by atoms with Crippen LogP contribution in [0, 0.1) is 5.41 Å². The summed E-state index contributed by atoms with van der Waals surface area (Å²) < 4.78 is 17.7. The highest BCUT2D eigenvalue weighted by Crippen LogP contribution is 2.32. The average molecular weight is 353 g/mol. The highest BCUT2D eigenvalue weighted by Gasteiger charge is 2.43. The monoisotopic (exact) mass is 353 g/mol. The Morgan fingerprint density at radius 1 is 0.923 bits per heavy atom. The summed E-state index contributed by atoms with van der Waals surface area (Å²) >= 11 is 0. The molecule has 2 heterocycles. The number of rotatable bonds is 6. The van der Waals surface area contributed by atoms with E-state index in [2.05, 4.69) is 47.4 Å². The molecule has 2 aromatic carbocycles. The van der Waals surface area contributed by atoms with Crippen LogP contribution >= 0.6 is 0 Å². The van der Waals surface area contributed by atoms with Gasteiger partial charge >= 0.3 is 0 Å². The molecular weight excluding hydrogens is 326 g/mol. The zero-order valence-electron chi connectivity index (χ0n) is 15.2. The molecule has 26 heavy (non-hydrogen) atoms. The van der Waals surface area contributed by atoms with Gasteiger partial charge in [-0.05, 0) is 11.1 Å². The van der Waals surface area contributed by atoms with Crippen molar-refractivity contribution in [3.8, 4) is 0 Å². The largest absolute Gasteiger partial charge is 0.380 e. The Kier molecular flexibility index (Phi) is 5.65. The first-order valence-corrected chi connectivity index (χ1v) is 9.39. The highest BCUT2D eigenvalue weighted by molar-refractivity contribution is 5.15. The van der Waals surface area contributed by atoms with Crippen molar-refractivity contribution < 1.29 is 14.2 Å². The maximum absolute atomic E-state index is 6.22. The van der Waals surface area contributed by atoms with Crippen LogP contribution in [0.15, 0.2) is 60.7 Å². The van der Waals surface area contributed by atoms with Crippen LogP contribution in [0.2, 0.25) is 0 Å². The van der Waals surface area contributed by atoms with Gasteiger partial charge in [-0.1, -0.05) is 60.7 Å². The van der Waals surface area contributed by atoms with Crippen molar-refractivity contribution in [1.82, 2.24) is 4.90 Å². The van der Waals surface area contributed by atoms with E-state index >= 15 is 0 Å². The van der Waals surface area contributed by atoms with Crippen LogP contribution in [0.3, 0.4) is 0 Å². The highest BCUT2D eigenvalue weighted by atomic mass is 16.5. The van der Waals surface area contributed by atoms with E-state index in [1.165, 1.54) is 11.1 Å². The van der Waals surface area contributed by atoms with Crippen LogP contribution in [0.5, 0.6) is 0 Å². The maximum atomic E-state index is 6.22. The van der Waals surface area contributed by atoms with Gasteiger partial charge in [0, 0.05) is 19.6 Å². The summed E-state index contributed by atoms with van der Waals surface area (Å²) in [5, 5.41) is 0. The standard InChI is InChI=1S/C22H27NO3/c1-3-7-19(8-4-1)11-23-12-21(26-18-22(15-23)16-25-17-22)14-24-13-20-9-5-2-6-10-20/h1-10,21H,11-18H2/t21-/m0/s1. The molecule has 2 saturated heterocycles. The van der Waals surface area contributed by atoms with E-state index in [9.17, 15) is 0 Å². The minimum atomic E-state index is 0.0994. The van der Waals surface area contributed by atoms with Gasteiger partial charge in [0.2, 0.25) is 0 Å². The number of hydrogen-bond donors (Lipinski definition) is 0. The average Bonchev–Trinajstić information content (AvgIpc) is 2.83. The van der Waals surface area contributed by atoms with Crippen molar-refractivity contribution in [2.45, 2.75) is 19.3 Å². The van der Waals surface area contributed by atoms with Gasteiger partial charge in [0.1, 0.15) is 0 Å². The zero-order valence-corrected chi connectivity index (χ0v) is 15.2. The molecule has 4 nitrogen and oxygen atoms in total. The summed E-state index contributed by atoms with van der Waals surface area (Å²) in [5.74, 6) is 0. The summed E-state index contributed by atoms with van der Waals surface area (Å²) in [7, 11) is 0. The van der Waals surface area contributed by atoms with Crippen LogP contribution < -0.4 is 0 Å². The van der Waals surface area contributed by atoms with E-state index in [0.29, 0.717) is 13.2 Å². The van der Waals surface area contributed by atoms with E-state index < -0.39 is 0 Å². The van der Waals surface area contributed by atoms with Crippen molar-refractivity contribution in [3.63, 3.8) is 0 Å². The number of hydrogen-bond acceptors (Lipinski definition) is 4. The minimum absolute atomic E-state index is 0.0994. The third kappa shape index (κ3) is 4.51. The lowest BCUT2D eigenvalue weighted by Gasteiger charge is -2.42. The van der Waals surface area contributed by atoms with E-state index in [0.717, 1.165) is 39.5 Å². The van der Waals surface area contributed by atoms with Crippen LogP contribution in [0.25, 0.3) is 0 Å². The van der Waals surface area contributed by atoms with Crippen molar-refractivity contribution in [1.29, 1.82) is 0 Å². The number of nitrogens with zero attached hydrogens (tertiary/aromatic N) is 1. The Morgan fingerprint density at radius 2 is 1.62 bits per heavy atom. The molecule has 0 amide bonds. The third-order valence-corrected chi connectivity index (χ3v) is 5.13. The van der Waals surface area contributed by atoms with Gasteiger partial charge in [0.25, 0.3) is 0 Å². The molecule has 0 N–H and O–H groups in total. The first-order valence-electron chi connectivity index (χ1n) is 9.39. The second-order valence-corrected chi connectivity index (χ2v) is 7.58. The van der Waals surface area contributed by atoms with Crippen LogP contribution in [0.1, 0.15) is 11.1 Å². The summed E-state index contributed by atoms with van der Waals surface area (Å²) in [6.45, 7) is 6.48. The third-order valence-electron chi connectivity index (χ3n) is 5.13. The van der Waals surface area contributed by atoms with Crippen molar-refractivity contribution in [2.24, 2.45) is 5.41 Å².